The Balaban J connectivity index is 0.000000190. The molecular weight excluding hydrogens is 980 g/mol. The second-order valence-electron chi connectivity index (χ2n) is 26.0. The highest BCUT2D eigenvalue weighted by Gasteiger charge is 2.70. The van der Waals surface area contributed by atoms with Crippen LogP contribution in [0.3, 0.4) is 0 Å². The molecule has 16 heteroatoms. The number of aliphatic hydroxyl groups excluding tert-OH is 1. The average Bonchev–Trinajstić information content (AvgIpc) is 3.60. The number of hydrogen-bond donors (Lipinski definition) is 3. The molecule has 2 saturated heterocycles. The molecule has 13 atom stereocenters. The number of Topliss-reactive ketones (excluding diaryl/α,β-unsaturated/α-hetero) is 2. The van der Waals surface area contributed by atoms with Crippen LogP contribution in [0.4, 0.5) is 0 Å². The minimum Gasteiger partial charge on any atom is -0.404 e. The van der Waals surface area contributed by atoms with Crippen molar-refractivity contribution in [2.24, 2.45) is 58.2 Å². The van der Waals surface area contributed by atoms with Gasteiger partial charge in [-0.2, -0.15) is 0 Å². The van der Waals surface area contributed by atoms with E-state index in [1.165, 1.54) is 25.0 Å². The first-order valence-corrected chi connectivity index (χ1v) is 28.8. The summed E-state index contributed by atoms with van der Waals surface area (Å²) in [5.74, 6) is -0.360. The predicted octanol–water partition coefficient (Wildman–Crippen LogP) is 9.82. The molecule has 8 fully saturated rings. The minimum absolute atomic E-state index is 0.0120. The highest BCUT2D eigenvalue weighted by Crippen LogP contribution is 2.67. The summed E-state index contributed by atoms with van der Waals surface area (Å²) in [5.41, 5.74) is 2.92. The van der Waals surface area contributed by atoms with Gasteiger partial charge in [-0.15, -0.1) is 0 Å². The lowest BCUT2D eigenvalue weighted by molar-refractivity contribution is -0.199. The lowest BCUT2D eigenvalue weighted by Crippen LogP contribution is -2.65. The Morgan fingerprint density at radius 1 is 0.641 bits per heavy atom. The van der Waals surface area contributed by atoms with Crippen molar-refractivity contribution in [1.29, 1.82) is 0 Å². The zero-order chi connectivity index (χ0) is 55.9. The number of nitrogens with one attached hydrogen (secondary N) is 2. The summed E-state index contributed by atoms with van der Waals surface area (Å²) in [6.07, 6.45) is 9.60. The Hall–Kier alpha value is -5.12. The van der Waals surface area contributed by atoms with Crippen LogP contribution in [0.15, 0.2) is 97.5 Å². The first-order chi connectivity index (χ1) is 37.0. The van der Waals surface area contributed by atoms with Crippen LogP contribution in [0.2, 0.25) is 0 Å². The van der Waals surface area contributed by atoms with E-state index in [0.717, 1.165) is 36.8 Å². The summed E-state index contributed by atoms with van der Waals surface area (Å²) in [6.45, 7) is 23.7. The number of carbonyl (C=O) groups excluding carboxylic acids is 4. The van der Waals surface area contributed by atoms with Crippen LogP contribution in [0.25, 0.3) is 11.3 Å². The van der Waals surface area contributed by atoms with Crippen LogP contribution < -0.4 is 10.6 Å². The molecule has 14 nitrogen and oxygen atoms in total. The van der Waals surface area contributed by atoms with Crippen molar-refractivity contribution in [3.05, 3.63) is 114 Å². The average molecular weight is 1060 g/mol. The number of nitrogens with zero attached hydrogens (tertiary/aromatic N) is 3. The third kappa shape index (κ3) is 11.9. The van der Waals surface area contributed by atoms with Gasteiger partial charge in [0.2, 0.25) is 11.8 Å². The number of ketones is 2. The van der Waals surface area contributed by atoms with Gasteiger partial charge in [-0.3, -0.25) is 24.2 Å². The molecule has 4 unspecified atom stereocenters. The SMILES string of the molecule is CC(C)CC(NC(=O)C(CC(=O)c1cccc(-c2ccccc2)n1)[C@@H](C)O)B1O[C@@H]2C[C@@H]3C[C@@H](C3(C)C)[C@]2(C)O1.CC(C)CC(NC(=O)C(CC(=O)c1cnccn1)Cc1ccccc1)B1O[C@@H]2C[C@@H]3C[C@@H](C3(C)C)[C@]2(C)O1. The van der Waals surface area contributed by atoms with Gasteiger partial charge in [-0.25, -0.2) is 9.97 Å². The molecule has 6 aliphatic carbocycles. The van der Waals surface area contributed by atoms with E-state index in [4.69, 9.17) is 18.6 Å². The Morgan fingerprint density at radius 3 is 1.67 bits per heavy atom. The van der Waals surface area contributed by atoms with Crippen molar-refractivity contribution in [3.8, 4) is 11.3 Å². The fraction of sp³-hybridized carbons (Fsp3) is 0.597. The fourth-order valence-corrected chi connectivity index (χ4v) is 14.3. The molecular formula is C62H83B2N5O9. The van der Waals surface area contributed by atoms with Crippen LogP contribution in [-0.4, -0.2) is 99.1 Å². The zero-order valence-corrected chi connectivity index (χ0v) is 47.8. The van der Waals surface area contributed by atoms with Crippen LogP contribution in [0.1, 0.15) is 154 Å². The van der Waals surface area contributed by atoms with Gasteiger partial charge in [-0.05, 0) is 130 Å². The maximum Gasteiger partial charge on any atom is 0.481 e. The molecule has 2 aromatic carbocycles. The standard InChI is InChI=1S/C32H43BN2O5.C30H40BN3O4/c1-19(2)15-29(33-39-28-17-22-16-27(31(22,4)5)32(28,6)40-33)35-30(38)23(20(3)36)18-26(37)25-14-10-13-24(34-25)21-11-8-7-9-12-21;1-19(2)13-27(31-37-26-17-22-16-25(29(22,3)4)30(26,5)38-31)34-28(36)21(14-20-9-7-6-8-10-20)15-24(35)23-18-32-11-12-33-23/h7-14,19-20,22-23,27-29,36H,15-18H2,1-6H3,(H,35,38);6-12,18-19,21-22,25-27H,13-17H2,1-5H3,(H,34,36)/t20-,22+,23?,27+,28-,29?,32+;21?,22-,25-,26+,27?,30-/m10/s1. The number of aliphatic hydroxyl groups is 1. The highest BCUT2D eigenvalue weighted by atomic mass is 16.7. The van der Waals surface area contributed by atoms with Crippen LogP contribution in [-0.2, 0) is 34.6 Å². The van der Waals surface area contributed by atoms with E-state index in [1.54, 1.807) is 19.1 Å². The number of amides is 2. The summed E-state index contributed by atoms with van der Waals surface area (Å²) >= 11 is 0. The van der Waals surface area contributed by atoms with Crippen LogP contribution in [0, 0.1) is 58.2 Å². The molecule has 416 valence electrons. The summed E-state index contributed by atoms with van der Waals surface area (Å²) in [7, 11) is -1.06. The number of benzene rings is 2. The van der Waals surface area contributed by atoms with Gasteiger partial charge in [0.1, 0.15) is 11.4 Å². The first-order valence-electron chi connectivity index (χ1n) is 28.8. The summed E-state index contributed by atoms with van der Waals surface area (Å²) in [4.78, 5) is 66.5. The number of hydrogen-bond acceptors (Lipinski definition) is 12. The molecule has 0 radical (unpaired) electrons. The summed E-state index contributed by atoms with van der Waals surface area (Å²) in [5, 5.41) is 17.0. The van der Waals surface area contributed by atoms with E-state index >= 15 is 0 Å². The van der Waals surface area contributed by atoms with Crippen LogP contribution >= 0.6 is 0 Å². The van der Waals surface area contributed by atoms with E-state index in [1.807, 2.05) is 66.7 Å². The number of aromatic nitrogens is 3. The largest absolute Gasteiger partial charge is 0.481 e. The molecule has 4 bridgehead atoms. The van der Waals surface area contributed by atoms with Crippen molar-refractivity contribution in [2.45, 2.75) is 175 Å². The maximum absolute atomic E-state index is 13.8. The monoisotopic (exact) mass is 1060 g/mol. The van der Waals surface area contributed by atoms with Gasteiger partial charge in [0.05, 0.1) is 59.2 Å². The Morgan fingerprint density at radius 2 is 1.17 bits per heavy atom. The normalized spacial score (nSPS) is 28.8. The molecule has 4 aromatic rings. The Bertz CT molecular complexity index is 2750. The van der Waals surface area contributed by atoms with E-state index in [9.17, 15) is 24.3 Å². The number of carbonyl (C=O) groups is 4. The maximum atomic E-state index is 13.8. The quantitative estimate of drug-likeness (QED) is 0.0563. The zero-order valence-electron chi connectivity index (χ0n) is 47.8. The summed E-state index contributed by atoms with van der Waals surface area (Å²) in [6, 6.07) is 24.8. The second kappa shape index (κ2) is 23.2. The third-order valence-corrected chi connectivity index (χ3v) is 19.1. The minimum atomic E-state index is -1.01. The molecule has 8 aliphatic rings. The van der Waals surface area contributed by atoms with E-state index in [-0.39, 0.29) is 99.7 Å². The molecule has 4 heterocycles. The molecule has 3 N–H and O–H groups in total. The lowest BCUT2D eigenvalue weighted by atomic mass is 9.43. The molecule has 78 heavy (non-hydrogen) atoms. The number of rotatable bonds is 20. The molecule has 2 amide bonds. The van der Waals surface area contributed by atoms with Crippen molar-refractivity contribution in [1.82, 2.24) is 25.6 Å². The summed E-state index contributed by atoms with van der Waals surface area (Å²) < 4.78 is 26.4. The van der Waals surface area contributed by atoms with Gasteiger partial charge < -0.3 is 34.4 Å². The van der Waals surface area contributed by atoms with Crippen molar-refractivity contribution >= 4 is 37.6 Å². The van der Waals surface area contributed by atoms with Crippen LogP contribution in [0.5, 0.6) is 0 Å². The lowest BCUT2D eigenvalue weighted by Gasteiger charge is -2.64. The smallest absolute Gasteiger partial charge is 0.404 e. The van der Waals surface area contributed by atoms with E-state index in [2.05, 4.69) is 94.8 Å². The fourth-order valence-electron chi connectivity index (χ4n) is 14.3. The van der Waals surface area contributed by atoms with Gasteiger partial charge in [0.25, 0.3) is 0 Å². The van der Waals surface area contributed by atoms with Crippen molar-refractivity contribution < 1.29 is 42.9 Å². The van der Waals surface area contributed by atoms with Gasteiger partial charge in [0, 0.05) is 36.7 Å². The van der Waals surface area contributed by atoms with E-state index in [0.29, 0.717) is 48.1 Å². The van der Waals surface area contributed by atoms with Crippen molar-refractivity contribution in [2.75, 3.05) is 0 Å². The van der Waals surface area contributed by atoms with E-state index < -0.39 is 32.2 Å². The first kappa shape index (κ1) is 57.6. The van der Waals surface area contributed by atoms with Gasteiger partial charge in [-0.1, -0.05) is 122 Å². The highest BCUT2D eigenvalue weighted by molar-refractivity contribution is 6.48. The number of pyridine rings is 1. The molecule has 6 saturated carbocycles. The third-order valence-electron chi connectivity index (χ3n) is 19.1. The molecule has 12 rings (SSSR count). The topological polar surface area (TPSA) is 188 Å². The van der Waals surface area contributed by atoms with Gasteiger partial charge in [0.15, 0.2) is 11.6 Å². The molecule has 0 spiro atoms. The second-order valence-corrected chi connectivity index (χ2v) is 26.0. The Kier molecular flexibility index (Phi) is 17.1. The van der Waals surface area contributed by atoms with Gasteiger partial charge >= 0.3 is 14.2 Å². The predicted molar refractivity (Wildman–Crippen MR) is 301 cm³/mol. The molecule has 2 aromatic heterocycles. The Labute approximate surface area is 463 Å². The molecule has 2 aliphatic heterocycles. The van der Waals surface area contributed by atoms with Crippen molar-refractivity contribution in [3.63, 3.8) is 0 Å².